The smallest absolute Gasteiger partial charge is 0.320 e. The number of benzene rings is 2. The number of aromatic nitrogens is 1. The Labute approximate surface area is 154 Å². The van der Waals surface area contributed by atoms with E-state index in [9.17, 15) is 14.3 Å². The van der Waals surface area contributed by atoms with Gasteiger partial charge in [0, 0.05) is 6.54 Å². The van der Waals surface area contributed by atoms with E-state index in [1.165, 1.54) is 12.1 Å². The first-order chi connectivity index (χ1) is 12.6. The molecule has 0 amide bonds. The summed E-state index contributed by atoms with van der Waals surface area (Å²) in [7, 11) is 0. The molecule has 0 aliphatic carbocycles. The summed E-state index contributed by atoms with van der Waals surface area (Å²) in [5.74, 6) is -1.15. The Morgan fingerprint density at radius 1 is 1.23 bits per heavy atom. The zero-order valence-electron chi connectivity index (χ0n) is 14.1. The Morgan fingerprint density at radius 2 is 2.08 bits per heavy atom. The van der Waals surface area contributed by atoms with Crippen LogP contribution < -0.4 is 0 Å². The summed E-state index contributed by atoms with van der Waals surface area (Å²) >= 11 is 1.55. The van der Waals surface area contributed by atoms with E-state index in [4.69, 9.17) is 4.98 Å². The topological polar surface area (TPSA) is 53.4 Å². The van der Waals surface area contributed by atoms with Gasteiger partial charge in [0.15, 0.2) is 0 Å². The van der Waals surface area contributed by atoms with Crippen LogP contribution in [-0.4, -0.2) is 33.5 Å². The van der Waals surface area contributed by atoms with Gasteiger partial charge in [-0.05, 0) is 42.7 Å². The second kappa shape index (κ2) is 7.13. The molecule has 0 saturated carbocycles. The van der Waals surface area contributed by atoms with Crippen LogP contribution in [-0.2, 0) is 4.79 Å². The lowest BCUT2D eigenvalue weighted by atomic mass is 9.96. The lowest BCUT2D eigenvalue weighted by molar-refractivity contribution is -0.145. The molecule has 6 heteroatoms. The second-order valence-corrected chi connectivity index (χ2v) is 7.63. The predicted octanol–water partition coefficient (Wildman–Crippen LogP) is 4.46. The minimum Gasteiger partial charge on any atom is -0.480 e. The minimum absolute atomic E-state index is 0.322. The van der Waals surface area contributed by atoms with E-state index < -0.39 is 12.0 Å². The number of rotatable bonds is 4. The lowest BCUT2D eigenvalue weighted by Crippen LogP contribution is -2.46. The maximum Gasteiger partial charge on any atom is 0.320 e. The highest BCUT2D eigenvalue weighted by Crippen LogP contribution is 2.38. The molecule has 0 radical (unpaired) electrons. The summed E-state index contributed by atoms with van der Waals surface area (Å²) in [4.78, 5) is 18.6. The molecule has 2 atom stereocenters. The molecule has 0 bridgehead atoms. The van der Waals surface area contributed by atoms with Crippen molar-refractivity contribution in [1.82, 2.24) is 9.88 Å². The van der Waals surface area contributed by atoms with E-state index in [0.29, 0.717) is 13.0 Å². The summed E-state index contributed by atoms with van der Waals surface area (Å²) in [6.07, 6.45) is 2.43. The maximum atomic E-state index is 13.9. The largest absolute Gasteiger partial charge is 0.480 e. The Balaban J connectivity index is 1.84. The summed E-state index contributed by atoms with van der Waals surface area (Å²) in [5, 5.41) is 10.5. The second-order valence-electron chi connectivity index (χ2n) is 6.57. The van der Waals surface area contributed by atoms with Crippen molar-refractivity contribution in [3.05, 3.63) is 64.9 Å². The average molecular weight is 370 g/mol. The van der Waals surface area contributed by atoms with Crippen molar-refractivity contribution in [3.8, 4) is 0 Å². The number of piperidine rings is 1. The number of likely N-dealkylation sites (tertiary alicyclic amines) is 1. The standard InChI is InChI=1S/C20H19FN2O2S/c21-14-7-5-6-13(12-14)18(23-11-4-3-9-16(23)20(24)25)19-22-15-8-1-2-10-17(15)26-19/h1-2,5-8,10,12,16,18H,3-4,9,11H2,(H,24,25). The maximum absolute atomic E-state index is 13.9. The van der Waals surface area contributed by atoms with Crippen molar-refractivity contribution >= 4 is 27.5 Å². The van der Waals surface area contributed by atoms with E-state index in [1.54, 1.807) is 17.4 Å². The summed E-state index contributed by atoms with van der Waals surface area (Å²) < 4.78 is 15.0. The van der Waals surface area contributed by atoms with Crippen molar-refractivity contribution in [3.63, 3.8) is 0 Å². The van der Waals surface area contributed by atoms with Gasteiger partial charge in [-0.2, -0.15) is 0 Å². The SMILES string of the molecule is O=C(O)C1CCCCN1C(c1cccc(F)c1)c1nc2ccccc2s1. The minimum atomic E-state index is -0.827. The first-order valence-corrected chi connectivity index (χ1v) is 9.54. The molecule has 134 valence electrons. The number of fused-ring (bicyclic) bond motifs is 1. The van der Waals surface area contributed by atoms with Gasteiger partial charge in [-0.1, -0.05) is 30.7 Å². The number of hydrogen-bond acceptors (Lipinski definition) is 4. The fraction of sp³-hybridized carbons (Fsp3) is 0.300. The van der Waals surface area contributed by atoms with Crippen molar-refractivity contribution in [2.24, 2.45) is 0 Å². The number of para-hydroxylation sites is 1. The molecule has 1 N–H and O–H groups in total. The molecular formula is C20H19FN2O2S. The van der Waals surface area contributed by atoms with Gasteiger partial charge in [0.25, 0.3) is 0 Å². The van der Waals surface area contributed by atoms with Gasteiger partial charge in [0.1, 0.15) is 16.9 Å². The number of halogens is 1. The van der Waals surface area contributed by atoms with Crippen LogP contribution in [0.25, 0.3) is 10.2 Å². The third-order valence-electron chi connectivity index (χ3n) is 4.87. The number of carboxylic acid groups (broad SMARTS) is 1. The first-order valence-electron chi connectivity index (χ1n) is 8.73. The van der Waals surface area contributed by atoms with Crippen LogP contribution in [0.2, 0.25) is 0 Å². The van der Waals surface area contributed by atoms with Crippen LogP contribution in [0, 0.1) is 5.82 Å². The van der Waals surface area contributed by atoms with Crippen molar-refractivity contribution in [2.75, 3.05) is 6.54 Å². The Bertz CT molecular complexity index is 909. The molecule has 1 saturated heterocycles. The number of thiazole rings is 1. The Morgan fingerprint density at radius 3 is 2.85 bits per heavy atom. The molecule has 4 nitrogen and oxygen atoms in total. The number of carboxylic acids is 1. The van der Waals surface area contributed by atoms with Gasteiger partial charge >= 0.3 is 5.97 Å². The van der Waals surface area contributed by atoms with Gasteiger partial charge < -0.3 is 5.11 Å². The van der Waals surface area contributed by atoms with Crippen molar-refractivity contribution in [2.45, 2.75) is 31.3 Å². The summed E-state index contributed by atoms with van der Waals surface area (Å²) in [6.45, 7) is 0.661. The average Bonchev–Trinajstić information content (AvgIpc) is 3.06. The van der Waals surface area contributed by atoms with E-state index in [-0.39, 0.29) is 11.9 Å². The molecule has 0 spiro atoms. The molecule has 1 aliphatic heterocycles. The molecule has 2 heterocycles. The van der Waals surface area contributed by atoms with Crippen molar-refractivity contribution < 1.29 is 14.3 Å². The quantitative estimate of drug-likeness (QED) is 0.736. The molecule has 1 aromatic heterocycles. The summed E-state index contributed by atoms with van der Waals surface area (Å²) in [5.41, 5.74) is 1.63. The van der Waals surface area contributed by atoms with Crippen LogP contribution in [0.4, 0.5) is 4.39 Å². The van der Waals surface area contributed by atoms with Gasteiger partial charge in [-0.15, -0.1) is 11.3 Å². The first kappa shape index (κ1) is 17.1. The fourth-order valence-corrected chi connectivity index (χ4v) is 4.80. The van der Waals surface area contributed by atoms with E-state index in [0.717, 1.165) is 33.6 Å². The lowest BCUT2D eigenvalue weighted by Gasteiger charge is -2.38. The highest BCUT2D eigenvalue weighted by Gasteiger charge is 2.36. The molecule has 3 aromatic rings. The van der Waals surface area contributed by atoms with Gasteiger partial charge in [0.05, 0.1) is 16.3 Å². The highest BCUT2D eigenvalue weighted by molar-refractivity contribution is 7.18. The zero-order valence-corrected chi connectivity index (χ0v) is 15.0. The van der Waals surface area contributed by atoms with Gasteiger partial charge in [0.2, 0.25) is 0 Å². The third kappa shape index (κ3) is 3.22. The predicted molar refractivity (Wildman–Crippen MR) is 99.8 cm³/mol. The summed E-state index contributed by atoms with van der Waals surface area (Å²) in [6, 6.07) is 13.3. The number of aliphatic carboxylic acids is 1. The van der Waals surface area contributed by atoms with Crippen LogP contribution in [0.1, 0.15) is 35.9 Å². The molecule has 1 aliphatic rings. The Hall–Kier alpha value is -2.31. The Kier molecular flexibility index (Phi) is 4.70. The van der Waals surface area contributed by atoms with E-state index in [1.807, 2.05) is 35.2 Å². The zero-order chi connectivity index (χ0) is 18.1. The van der Waals surface area contributed by atoms with E-state index in [2.05, 4.69) is 0 Å². The van der Waals surface area contributed by atoms with Gasteiger partial charge in [-0.25, -0.2) is 9.37 Å². The van der Waals surface area contributed by atoms with Crippen LogP contribution in [0.3, 0.4) is 0 Å². The monoisotopic (exact) mass is 370 g/mol. The highest BCUT2D eigenvalue weighted by atomic mass is 32.1. The van der Waals surface area contributed by atoms with E-state index >= 15 is 0 Å². The van der Waals surface area contributed by atoms with Crippen LogP contribution in [0.15, 0.2) is 48.5 Å². The van der Waals surface area contributed by atoms with Crippen molar-refractivity contribution in [1.29, 1.82) is 0 Å². The fourth-order valence-electron chi connectivity index (χ4n) is 3.69. The molecule has 26 heavy (non-hydrogen) atoms. The molecule has 1 fully saturated rings. The normalized spacial score (nSPS) is 19.5. The molecule has 2 unspecified atom stereocenters. The van der Waals surface area contributed by atoms with Gasteiger partial charge in [-0.3, -0.25) is 9.69 Å². The number of hydrogen-bond donors (Lipinski definition) is 1. The van der Waals surface area contributed by atoms with Crippen LogP contribution >= 0.6 is 11.3 Å². The third-order valence-corrected chi connectivity index (χ3v) is 5.96. The number of carbonyl (C=O) groups is 1. The number of nitrogens with zero attached hydrogens (tertiary/aromatic N) is 2. The molecule has 4 rings (SSSR count). The molecular weight excluding hydrogens is 351 g/mol. The van der Waals surface area contributed by atoms with Crippen LogP contribution in [0.5, 0.6) is 0 Å². The molecule has 2 aromatic carbocycles.